The molecular formula is C17H20FNO3. The number of ether oxygens (including phenoxy) is 1. The minimum Gasteiger partial charge on any atom is -0.467 e. The zero-order valence-corrected chi connectivity index (χ0v) is 12.6. The second-order valence-corrected chi connectivity index (χ2v) is 6.08. The fraction of sp³-hybridized carbons (Fsp3) is 0.529. The quantitative estimate of drug-likeness (QED) is 0.784. The first-order valence-corrected chi connectivity index (χ1v) is 7.74. The number of benzene rings is 1. The van der Waals surface area contributed by atoms with E-state index >= 15 is 0 Å². The van der Waals surface area contributed by atoms with Crippen molar-refractivity contribution in [1.82, 2.24) is 4.90 Å². The van der Waals surface area contributed by atoms with E-state index in [1.807, 2.05) is 0 Å². The number of nitrogens with zero attached hydrogens (tertiary/aromatic N) is 1. The van der Waals surface area contributed by atoms with Crippen molar-refractivity contribution in [3.63, 3.8) is 0 Å². The maximum atomic E-state index is 13.9. The van der Waals surface area contributed by atoms with Crippen molar-refractivity contribution < 1.29 is 18.7 Å². The van der Waals surface area contributed by atoms with Gasteiger partial charge in [0.2, 0.25) is 5.91 Å². The van der Waals surface area contributed by atoms with Crippen molar-refractivity contribution in [2.45, 2.75) is 44.2 Å². The lowest BCUT2D eigenvalue weighted by atomic mass is 9.99. The highest BCUT2D eigenvalue weighted by Crippen LogP contribution is 2.40. The Morgan fingerprint density at radius 3 is 2.73 bits per heavy atom. The Bertz CT molecular complexity index is 585. The van der Waals surface area contributed by atoms with Gasteiger partial charge in [0.05, 0.1) is 7.11 Å². The summed E-state index contributed by atoms with van der Waals surface area (Å²) in [5.74, 6) is -0.295. The lowest BCUT2D eigenvalue weighted by molar-refractivity contribution is -0.151. The van der Waals surface area contributed by atoms with Gasteiger partial charge in [0.25, 0.3) is 0 Å². The molecule has 2 fully saturated rings. The highest BCUT2D eigenvalue weighted by Gasteiger charge is 2.46. The Kier molecular flexibility index (Phi) is 4.14. The van der Waals surface area contributed by atoms with Crippen LogP contribution >= 0.6 is 0 Å². The van der Waals surface area contributed by atoms with Crippen molar-refractivity contribution in [3.8, 4) is 0 Å². The van der Waals surface area contributed by atoms with Gasteiger partial charge in [-0.25, -0.2) is 9.18 Å². The monoisotopic (exact) mass is 305 g/mol. The summed E-state index contributed by atoms with van der Waals surface area (Å²) in [5.41, 5.74) is 0.600. The van der Waals surface area contributed by atoms with Crippen molar-refractivity contribution in [2.75, 3.05) is 7.11 Å². The maximum absolute atomic E-state index is 13.9. The topological polar surface area (TPSA) is 46.6 Å². The molecule has 0 spiro atoms. The summed E-state index contributed by atoms with van der Waals surface area (Å²) in [6.45, 7) is 0. The van der Waals surface area contributed by atoms with Gasteiger partial charge in [-0.1, -0.05) is 18.2 Å². The molecule has 1 aliphatic heterocycles. The van der Waals surface area contributed by atoms with Gasteiger partial charge in [-0.3, -0.25) is 4.79 Å². The van der Waals surface area contributed by atoms with Gasteiger partial charge in [0.15, 0.2) is 0 Å². The Labute approximate surface area is 129 Å². The van der Waals surface area contributed by atoms with Crippen molar-refractivity contribution in [2.24, 2.45) is 5.92 Å². The number of amides is 1. The minimum absolute atomic E-state index is 0.0244. The van der Waals surface area contributed by atoms with Crippen LogP contribution < -0.4 is 0 Å². The summed E-state index contributed by atoms with van der Waals surface area (Å²) in [7, 11) is 1.34. The molecule has 1 saturated heterocycles. The Balaban J connectivity index is 1.85. The smallest absolute Gasteiger partial charge is 0.328 e. The molecule has 2 atom stereocenters. The molecular weight excluding hydrogens is 285 g/mol. The van der Waals surface area contributed by atoms with Crippen molar-refractivity contribution >= 4 is 11.9 Å². The molecule has 1 amide bonds. The fourth-order valence-electron chi connectivity index (χ4n) is 3.35. The molecule has 1 aromatic carbocycles. The van der Waals surface area contributed by atoms with Crippen molar-refractivity contribution in [1.29, 1.82) is 0 Å². The van der Waals surface area contributed by atoms with E-state index in [0.717, 1.165) is 12.8 Å². The average molecular weight is 305 g/mol. The molecule has 1 aliphatic carbocycles. The third-order valence-electron chi connectivity index (χ3n) is 4.64. The number of likely N-dealkylation sites (tertiary alicyclic amines) is 1. The first kappa shape index (κ1) is 15.0. The van der Waals surface area contributed by atoms with Gasteiger partial charge in [0, 0.05) is 12.5 Å². The molecule has 0 bridgehead atoms. The number of rotatable bonds is 5. The number of halogens is 1. The number of methoxy groups -OCH3 is 1. The normalized spacial score (nSPS) is 22.7. The van der Waals surface area contributed by atoms with Crippen LogP contribution in [0.15, 0.2) is 24.3 Å². The first-order chi connectivity index (χ1) is 10.6. The van der Waals surface area contributed by atoms with E-state index in [9.17, 15) is 14.0 Å². The number of hydrogen-bond acceptors (Lipinski definition) is 3. The molecule has 1 aromatic rings. The van der Waals surface area contributed by atoms with E-state index in [4.69, 9.17) is 4.74 Å². The second-order valence-electron chi connectivity index (χ2n) is 6.08. The summed E-state index contributed by atoms with van der Waals surface area (Å²) < 4.78 is 18.8. The van der Waals surface area contributed by atoms with Crippen LogP contribution in [0, 0.1) is 11.7 Å². The van der Waals surface area contributed by atoms with Gasteiger partial charge in [-0.05, 0) is 43.2 Å². The summed E-state index contributed by atoms with van der Waals surface area (Å²) in [6, 6.07) is 6.00. The van der Waals surface area contributed by atoms with Crippen molar-refractivity contribution in [3.05, 3.63) is 35.6 Å². The van der Waals surface area contributed by atoms with Crippen LogP contribution in [0.4, 0.5) is 4.39 Å². The zero-order chi connectivity index (χ0) is 15.7. The molecule has 0 N–H and O–H groups in total. The van der Waals surface area contributed by atoms with Gasteiger partial charge in [0.1, 0.15) is 11.9 Å². The highest BCUT2D eigenvalue weighted by molar-refractivity contribution is 5.88. The Hall–Kier alpha value is -1.91. The lowest BCUT2D eigenvalue weighted by Crippen LogP contribution is -2.48. The van der Waals surface area contributed by atoms with Gasteiger partial charge >= 0.3 is 5.97 Å². The molecule has 1 heterocycles. The average Bonchev–Trinajstić information content (AvgIpc) is 3.29. The van der Waals surface area contributed by atoms with E-state index < -0.39 is 6.04 Å². The minimum atomic E-state index is -0.519. The second kappa shape index (κ2) is 6.07. The van der Waals surface area contributed by atoms with E-state index in [1.54, 1.807) is 23.1 Å². The third-order valence-corrected chi connectivity index (χ3v) is 4.64. The zero-order valence-electron chi connectivity index (χ0n) is 12.6. The molecule has 3 rings (SSSR count). The van der Waals surface area contributed by atoms with E-state index in [-0.39, 0.29) is 23.7 Å². The molecule has 0 aromatic heterocycles. The van der Waals surface area contributed by atoms with E-state index in [1.165, 1.54) is 13.2 Å². The maximum Gasteiger partial charge on any atom is 0.328 e. The highest BCUT2D eigenvalue weighted by atomic mass is 19.1. The molecule has 118 valence electrons. The van der Waals surface area contributed by atoms with Crippen LogP contribution in [-0.4, -0.2) is 36.0 Å². The van der Waals surface area contributed by atoms with Crippen LogP contribution in [0.1, 0.15) is 31.2 Å². The first-order valence-electron chi connectivity index (χ1n) is 7.74. The molecule has 4 nitrogen and oxygen atoms in total. The van der Waals surface area contributed by atoms with Crippen LogP contribution in [-0.2, 0) is 20.7 Å². The number of esters is 1. The predicted molar refractivity (Wildman–Crippen MR) is 78.5 cm³/mol. The van der Waals surface area contributed by atoms with Crippen LogP contribution in [0.3, 0.4) is 0 Å². The number of carbonyl (C=O) groups is 2. The van der Waals surface area contributed by atoms with E-state index in [0.29, 0.717) is 30.7 Å². The third kappa shape index (κ3) is 2.85. The van der Waals surface area contributed by atoms with Crippen LogP contribution in [0.5, 0.6) is 0 Å². The van der Waals surface area contributed by atoms with Crippen LogP contribution in [0.2, 0.25) is 0 Å². The molecule has 1 saturated carbocycles. The predicted octanol–water partition coefficient (Wildman–Crippen LogP) is 2.31. The lowest BCUT2D eigenvalue weighted by Gasteiger charge is -2.32. The molecule has 22 heavy (non-hydrogen) atoms. The molecule has 2 unspecified atom stereocenters. The fourth-order valence-corrected chi connectivity index (χ4v) is 3.35. The summed E-state index contributed by atoms with van der Waals surface area (Å²) in [4.78, 5) is 25.9. The molecule has 5 heteroatoms. The summed E-state index contributed by atoms with van der Waals surface area (Å²) >= 11 is 0. The Morgan fingerprint density at radius 1 is 1.36 bits per heavy atom. The standard InChI is InChI=1S/C17H20FNO3/c1-22-17(21)14-8-9-16(20)19(14)15(11-6-7-11)10-12-4-2-3-5-13(12)18/h2-5,11,14-15H,6-10H2,1H3. The SMILES string of the molecule is COC(=O)C1CCC(=O)N1C(Cc1ccccc1F)C1CC1. The Morgan fingerprint density at radius 2 is 2.09 bits per heavy atom. The largest absolute Gasteiger partial charge is 0.467 e. The van der Waals surface area contributed by atoms with Crippen LogP contribution in [0.25, 0.3) is 0 Å². The molecule has 2 aliphatic rings. The number of hydrogen-bond donors (Lipinski definition) is 0. The molecule has 0 radical (unpaired) electrons. The van der Waals surface area contributed by atoms with E-state index in [2.05, 4.69) is 0 Å². The summed E-state index contributed by atoms with van der Waals surface area (Å²) in [5, 5.41) is 0. The number of carbonyl (C=O) groups excluding carboxylic acids is 2. The van der Waals surface area contributed by atoms with Gasteiger partial charge < -0.3 is 9.64 Å². The van der Waals surface area contributed by atoms with Gasteiger partial charge in [-0.15, -0.1) is 0 Å². The summed E-state index contributed by atoms with van der Waals surface area (Å²) in [6.07, 6.45) is 3.36. The van der Waals surface area contributed by atoms with Gasteiger partial charge in [-0.2, -0.15) is 0 Å².